The maximum absolute atomic E-state index is 5.51. The lowest BCUT2D eigenvalue weighted by Crippen LogP contribution is -2.03. The zero-order chi connectivity index (χ0) is 13.8. The van der Waals surface area contributed by atoms with Crippen molar-refractivity contribution in [1.29, 1.82) is 0 Å². The van der Waals surface area contributed by atoms with Gasteiger partial charge in [-0.2, -0.15) is 0 Å². The van der Waals surface area contributed by atoms with Gasteiger partial charge in [0.15, 0.2) is 5.16 Å². The lowest BCUT2D eigenvalue weighted by molar-refractivity contribution is 0.889. The summed E-state index contributed by atoms with van der Waals surface area (Å²) >= 11 is 1.44. The fraction of sp³-hybridized carbons (Fsp3) is 0.143. The molecule has 1 aromatic carbocycles. The summed E-state index contributed by atoms with van der Waals surface area (Å²) in [6.07, 6.45) is 5.98. The SMILES string of the molecule is NCCc1cnc(Sc2ncnc3ccccc23)nc1. The van der Waals surface area contributed by atoms with Crippen LogP contribution in [-0.2, 0) is 6.42 Å². The Hall–Kier alpha value is -2.05. The summed E-state index contributed by atoms with van der Waals surface area (Å²) in [5.41, 5.74) is 7.47. The molecule has 20 heavy (non-hydrogen) atoms. The number of hydrogen-bond acceptors (Lipinski definition) is 6. The molecule has 0 atom stereocenters. The summed E-state index contributed by atoms with van der Waals surface area (Å²) in [6, 6.07) is 7.90. The quantitative estimate of drug-likeness (QED) is 0.583. The van der Waals surface area contributed by atoms with Gasteiger partial charge in [0, 0.05) is 17.8 Å². The Morgan fingerprint density at radius 2 is 1.80 bits per heavy atom. The third-order valence-corrected chi connectivity index (χ3v) is 3.72. The van der Waals surface area contributed by atoms with Crippen LogP contribution in [0.2, 0.25) is 0 Å². The van der Waals surface area contributed by atoms with Crippen molar-refractivity contribution < 1.29 is 0 Å². The topological polar surface area (TPSA) is 77.6 Å². The molecule has 3 rings (SSSR count). The minimum atomic E-state index is 0.604. The molecule has 0 unspecified atom stereocenters. The second-order valence-electron chi connectivity index (χ2n) is 4.21. The number of rotatable bonds is 4. The zero-order valence-electron chi connectivity index (χ0n) is 10.7. The van der Waals surface area contributed by atoms with Gasteiger partial charge >= 0.3 is 0 Å². The Labute approximate surface area is 120 Å². The molecule has 2 heterocycles. The van der Waals surface area contributed by atoms with Gasteiger partial charge in [0.25, 0.3) is 0 Å². The molecule has 0 saturated heterocycles. The molecular formula is C14H13N5S. The molecule has 3 aromatic rings. The van der Waals surface area contributed by atoms with Crippen LogP contribution in [0.25, 0.3) is 10.9 Å². The second-order valence-corrected chi connectivity index (χ2v) is 5.17. The Morgan fingerprint density at radius 3 is 2.60 bits per heavy atom. The first-order chi connectivity index (χ1) is 9.86. The van der Waals surface area contributed by atoms with E-state index < -0.39 is 0 Å². The minimum absolute atomic E-state index is 0.604. The van der Waals surface area contributed by atoms with E-state index in [0.29, 0.717) is 11.7 Å². The molecule has 0 fully saturated rings. The molecular weight excluding hydrogens is 270 g/mol. The van der Waals surface area contributed by atoms with Crippen molar-refractivity contribution in [1.82, 2.24) is 19.9 Å². The molecule has 0 aliphatic rings. The number of para-hydroxylation sites is 1. The maximum atomic E-state index is 5.51. The average Bonchev–Trinajstić information content (AvgIpc) is 2.50. The minimum Gasteiger partial charge on any atom is -0.330 e. The number of nitrogens with two attached hydrogens (primary N) is 1. The van der Waals surface area contributed by atoms with Gasteiger partial charge in [-0.15, -0.1) is 0 Å². The Bertz CT molecular complexity index is 709. The van der Waals surface area contributed by atoms with Crippen LogP contribution in [0.15, 0.2) is 53.2 Å². The molecule has 0 aliphatic heterocycles. The Balaban J connectivity index is 1.89. The zero-order valence-corrected chi connectivity index (χ0v) is 11.5. The lowest BCUT2D eigenvalue weighted by Gasteiger charge is -2.04. The first-order valence-corrected chi connectivity index (χ1v) is 7.07. The lowest BCUT2D eigenvalue weighted by atomic mass is 10.2. The number of hydrogen-bond donors (Lipinski definition) is 1. The van der Waals surface area contributed by atoms with Crippen LogP contribution in [0.3, 0.4) is 0 Å². The van der Waals surface area contributed by atoms with Crippen molar-refractivity contribution in [2.24, 2.45) is 5.73 Å². The first-order valence-electron chi connectivity index (χ1n) is 6.25. The van der Waals surface area contributed by atoms with Crippen LogP contribution in [0.1, 0.15) is 5.56 Å². The van der Waals surface area contributed by atoms with Crippen molar-refractivity contribution in [2.75, 3.05) is 6.54 Å². The third kappa shape index (κ3) is 2.76. The molecule has 0 amide bonds. The van der Waals surface area contributed by atoms with Crippen LogP contribution >= 0.6 is 11.8 Å². The molecule has 0 bridgehead atoms. The van der Waals surface area contributed by atoms with E-state index in [-0.39, 0.29) is 0 Å². The van der Waals surface area contributed by atoms with Gasteiger partial charge in [0.05, 0.1) is 5.52 Å². The average molecular weight is 283 g/mol. The molecule has 0 saturated carbocycles. The molecule has 0 spiro atoms. The van der Waals surface area contributed by atoms with Crippen molar-refractivity contribution in [3.8, 4) is 0 Å². The van der Waals surface area contributed by atoms with E-state index in [9.17, 15) is 0 Å². The summed E-state index contributed by atoms with van der Waals surface area (Å²) in [7, 11) is 0. The highest BCUT2D eigenvalue weighted by atomic mass is 32.2. The maximum Gasteiger partial charge on any atom is 0.193 e. The highest BCUT2D eigenvalue weighted by Gasteiger charge is 2.07. The monoisotopic (exact) mass is 283 g/mol. The molecule has 2 aromatic heterocycles. The Morgan fingerprint density at radius 1 is 1.00 bits per heavy atom. The fourth-order valence-corrected chi connectivity index (χ4v) is 2.61. The van der Waals surface area contributed by atoms with E-state index in [1.54, 1.807) is 6.33 Å². The van der Waals surface area contributed by atoms with E-state index in [4.69, 9.17) is 5.73 Å². The predicted molar refractivity (Wildman–Crippen MR) is 78.5 cm³/mol. The fourth-order valence-electron chi connectivity index (χ4n) is 1.84. The largest absolute Gasteiger partial charge is 0.330 e. The van der Waals surface area contributed by atoms with E-state index in [2.05, 4.69) is 19.9 Å². The predicted octanol–water partition coefficient (Wildman–Crippen LogP) is 2.07. The number of benzene rings is 1. The van der Waals surface area contributed by atoms with Crippen molar-refractivity contribution in [3.05, 3.63) is 48.5 Å². The van der Waals surface area contributed by atoms with E-state index in [0.717, 1.165) is 27.9 Å². The normalized spacial score (nSPS) is 10.8. The van der Waals surface area contributed by atoms with Gasteiger partial charge < -0.3 is 5.73 Å². The highest BCUT2D eigenvalue weighted by Crippen LogP contribution is 2.28. The summed E-state index contributed by atoms with van der Waals surface area (Å²) in [5, 5.41) is 2.55. The standard InChI is InChI=1S/C14H13N5S/c15-6-5-10-7-16-14(17-8-10)20-13-11-3-1-2-4-12(11)18-9-19-13/h1-4,7-9H,5-6,15H2. The van der Waals surface area contributed by atoms with Gasteiger partial charge in [-0.05, 0) is 36.4 Å². The van der Waals surface area contributed by atoms with E-state index in [1.807, 2.05) is 36.7 Å². The van der Waals surface area contributed by atoms with Crippen LogP contribution in [0.5, 0.6) is 0 Å². The first kappa shape index (κ1) is 13.0. The van der Waals surface area contributed by atoms with Crippen molar-refractivity contribution in [2.45, 2.75) is 16.6 Å². The van der Waals surface area contributed by atoms with Crippen molar-refractivity contribution in [3.63, 3.8) is 0 Å². The van der Waals surface area contributed by atoms with Gasteiger partial charge in [0.2, 0.25) is 0 Å². The molecule has 100 valence electrons. The summed E-state index contributed by atoms with van der Waals surface area (Å²) in [5.74, 6) is 0. The van der Waals surface area contributed by atoms with Crippen LogP contribution in [0.4, 0.5) is 0 Å². The molecule has 0 radical (unpaired) electrons. The number of aromatic nitrogens is 4. The second kappa shape index (κ2) is 5.94. The molecule has 6 heteroatoms. The van der Waals surface area contributed by atoms with Gasteiger partial charge in [0.1, 0.15) is 11.4 Å². The summed E-state index contributed by atoms with van der Waals surface area (Å²) < 4.78 is 0. The number of nitrogens with zero attached hydrogens (tertiary/aromatic N) is 4. The van der Waals surface area contributed by atoms with Gasteiger partial charge in [-0.25, -0.2) is 19.9 Å². The van der Waals surface area contributed by atoms with Gasteiger partial charge in [-0.3, -0.25) is 0 Å². The van der Waals surface area contributed by atoms with E-state index >= 15 is 0 Å². The summed E-state index contributed by atoms with van der Waals surface area (Å²) in [4.78, 5) is 17.2. The Kier molecular flexibility index (Phi) is 3.85. The number of fused-ring (bicyclic) bond motifs is 1. The molecule has 2 N–H and O–H groups in total. The van der Waals surface area contributed by atoms with E-state index in [1.165, 1.54) is 11.8 Å². The van der Waals surface area contributed by atoms with Gasteiger partial charge in [-0.1, -0.05) is 18.2 Å². The van der Waals surface area contributed by atoms with Crippen LogP contribution in [0, 0.1) is 0 Å². The highest BCUT2D eigenvalue weighted by molar-refractivity contribution is 7.99. The summed E-state index contributed by atoms with van der Waals surface area (Å²) in [6.45, 7) is 0.604. The third-order valence-electron chi connectivity index (χ3n) is 2.81. The molecule has 5 nitrogen and oxygen atoms in total. The van der Waals surface area contributed by atoms with Crippen LogP contribution in [-0.4, -0.2) is 26.5 Å². The molecule has 0 aliphatic carbocycles. The van der Waals surface area contributed by atoms with Crippen molar-refractivity contribution >= 4 is 22.7 Å². The smallest absolute Gasteiger partial charge is 0.193 e. The van der Waals surface area contributed by atoms with Crippen LogP contribution < -0.4 is 5.73 Å².